The molecule has 1 aromatic heterocycles. The average molecular weight is 290 g/mol. The van der Waals surface area contributed by atoms with Crippen molar-refractivity contribution in [1.29, 1.82) is 0 Å². The number of nitro groups is 1. The summed E-state index contributed by atoms with van der Waals surface area (Å²) in [7, 11) is 1.64. The second-order valence-corrected chi connectivity index (χ2v) is 4.33. The predicted molar refractivity (Wildman–Crippen MR) is 73.7 cm³/mol. The molecule has 0 atom stereocenters. The fourth-order valence-corrected chi connectivity index (χ4v) is 1.62. The van der Waals surface area contributed by atoms with Crippen LogP contribution in [0.25, 0.3) is 0 Å². The Morgan fingerprint density at radius 2 is 2.14 bits per heavy atom. The standard InChI is InChI=1S/C13H14N4O4/c1-16(8-12-14-6-7-15-12)13(18)9-21-11-4-2-10(3-5-11)17(19)20/h2-7H,8-9H2,1H3,(H,14,15). The van der Waals surface area contributed by atoms with Crippen molar-refractivity contribution in [2.75, 3.05) is 13.7 Å². The van der Waals surface area contributed by atoms with E-state index in [0.717, 1.165) is 0 Å². The van der Waals surface area contributed by atoms with Crippen molar-refractivity contribution < 1.29 is 14.5 Å². The lowest BCUT2D eigenvalue weighted by Gasteiger charge is -2.16. The van der Waals surface area contributed by atoms with Gasteiger partial charge in [-0.15, -0.1) is 0 Å². The summed E-state index contributed by atoms with van der Waals surface area (Å²) in [5, 5.41) is 10.5. The highest BCUT2D eigenvalue weighted by Crippen LogP contribution is 2.17. The number of non-ortho nitro benzene ring substituents is 1. The third-order valence-corrected chi connectivity index (χ3v) is 2.78. The van der Waals surface area contributed by atoms with Crippen molar-refractivity contribution in [3.63, 3.8) is 0 Å². The minimum atomic E-state index is -0.494. The van der Waals surface area contributed by atoms with Crippen LogP contribution in [0.3, 0.4) is 0 Å². The number of carbonyl (C=O) groups excluding carboxylic acids is 1. The second kappa shape index (κ2) is 6.51. The first-order valence-electron chi connectivity index (χ1n) is 6.16. The molecule has 1 amide bonds. The second-order valence-electron chi connectivity index (χ2n) is 4.33. The van der Waals surface area contributed by atoms with Gasteiger partial charge in [0.15, 0.2) is 6.61 Å². The molecule has 0 radical (unpaired) electrons. The normalized spacial score (nSPS) is 10.1. The van der Waals surface area contributed by atoms with Crippen molar-refractivity contribution in [2.45, 2.75) is 6.54 Å². The molecule has 0 aliphatic carbocycles. The number of nitrogens with one attached hydrogen (secondary N) is 1. The SMILES string of the molecule is CN(Cc1ncc[nH]1)C(=O)COc1ccc([N+](=O)[O-])cc1. The average Bonchev–Trinajstić information content (AvgIpc) is 2.98. The third-order valence-electron chi connectivity index (χ3n) is 2.78. The van der Waals surface area contributed by atoms with E-state index in [-0.39, 0.29) is 18.2 Å². The Labute approximate surface area is 120 Å². The van der Waals surface area contributed by atoms with Crippen LogP contribution in [0, 0.1) is 10.1 Å². The van der Waals surface area contributed by atoms with Gasteiger partial charge in [-0.2, -0.15) is 0 Å². The summed E-state index contributed by atoms with van der Waals surface area (Å²) >= 11 is 0. The van der Waals surface area contributed by atoms with Crippen molar-refractivity contribution >= 4 is 11.6 Å². The molecule has 110 valence electrons. The number of rotatable bonds is 6. The molecule has 2 aromatic rings. The molecule has 0 saturated heterocycles. The summed E-state index contributed by atoms with van der Waals surface area (Å²) < 4.78 is 5.30. The predicted octanol–water partition coefficient (Wildman–Crippen LogP) is 1.36. The topological polar surface area (TPSA) is 101 Å². The number of hydrogen-bond acceptors (Lipinski definition) is 5. The van der Waals surface area contributed by atoms with Gasteiger partial charge < -0.3 is 14.6 Å². The Morgan fingerprint density at radius 1 is 1.43 bits per heavy atom. The molecule has 1 N–H and O–H groups in total. The Morgan fingerprint density at radius 3 is 2.71 bits per heavy atom. The van der Waals surface area contributed by atoms with E-state index in [1.807, 2.05) is 0 Å². The summed E-state index contributed by atoms with van der Waals surface area (Å²) in [6, 6.07) is 5.56. The van der Waals surface area contributed by atoms with Gasteiger partial charge in [0.25, 0.3) is 11.6 Å². The van der Waals surface area contributed by atoms with Crippen LogP contribution in [-0.4, -0.2) is 39.4 Å². The van der Waals surface area contributed by atoms with Gasteiger partial charge in [-0.05, 0) is 12.1 Å². The fourth-order valence-electron chi connectivity index (χ4n) is 1.62. The van der Waals surface area contributed by atoms with E-state index in [0.29, 0.717) is 18.1 Å². The van der Waals surface area contributed by atoms with Gasteiger partial charge in [-0.3, -0.25) is 14.9 Å². The lowest BCUT2D eigenvalue weighted by atomic mass is 10.3. The Balaban J connectivity index is 1.84. The van der Waals surface area contributed by atoms with Crippen molar-refractivity contribution in [3.05, 3.63) is 52.6 Å². The van der Waals surface area contributed by atoms with Gasteiger partial charge in [-0.1, -0.05) is 0 Å². The van der Waals surface area contributed by atoms with E-state index in [4.69, 9.17) is 4.74 Å². The molecule has 0 spiro atoms. The highest BCUT2D eigenvalue weighted by Gasteiger charge is 2.12. The van der Waals surface area contributed by atoms with Gasteiger partial charge >= 0.3 is 0 Å². The summed E-state index contributed by atoms with van der Waals surface area (Å²) in [4.78, 5) is 30.3. The largest absolute Gasteiger partial charge is 0.484 e. The van der Waals surface area contributed by atoms with Crippen molar-refractivity contribution in [3.8, 4) is 5.75 Å². The van der Waals surface area contributed by atoms with Crippen LogP contribution in [-0.2, 0) is 11.3 Å². The number of imidazole rings is 1. The number of carbonyl (C=O) groups is 1. The molecule has 1 aromatic carbocycles. The van der Waals surface area contributed by atoms with E-state index in [9.17, 15) is 14.9 Å². The first-order chi connectivity index (χ1) is 10.1. The maximum Gasteiger partial charge on any atom is 0.269 e. The monoisotopic (exact) mass is 290 g/mol. The number of nitro benzene ring substituents is 1. The van der Waals surface area contributed by atoms with E-state index < -0.39 is 4.92 Å². The number of H-pyrrole nitrogens is 1. The van der Waals surface area contributed by atoms with Crippen LogP contribution in [0.4, 0.5) is 5.69 Å². The van der Waals surface area contributed by atoms with Crippen LogP contribution in [0.2, 0.25) is 0 Å². The van der Waals surface area contributed by atoms with Gasteiger partial charge in [0.2, 0.25) is 0 Å². The van der Waals surface area contributed by atoms with Gasteiger partial charge in [0, 0.05) is 31.6 Å². The van der Waals surface area contributed by atoms with E-state index >= 15 is 0 Å². The highest BCUT2D eigenvalue weighted by molar-refractivity contribution is 5.77. The lowest BCUT2D eigenvalue weighted by Crippen LogP contribution is -2.31. The van der Waals surface area contributed by atoms with Crippen molar-refractivity contribution in [2.24, 2.45) is 0 Å². The molecule has 0 aliphatic rings. The first kappa shape index (κ1) is 14.5. The Hall–Kier alpha value is -2.90. The maximum atomic E-state index is 11.9. The van der Waals surface area contributed by atoms with Crippen molar-refractivity contribution in [1.82, 2.24) is 14.9 Å². The summed E-state index contributed by atoms with van der Waals surface area (Å²) in [5.74, 6) is 0.867. The quantitative estimate of drug-likeness (QED) is 0.639. The summed E-state index contributed by atoms with van der Waals surface area (Å²) in [6.07, 6.45) is 3.29. The number of aromatic nitrogens is 2. The molecule has 0 bridgehead atoms. The van der Waals surface area contributed by atoms with Crippen LogP contribution in [0.1, 0.15) is 5.82 Å². The molecule has 0 saturated carbocycles. The fraction of sp³-hybridized carbons (Fsp3) is 0.231. The van der Waals surface area contributed by atoms with Crippen LogP contribution < -0.4 is 4.74 Å². The lowest BCUT2D eigenvalue weighted by molar-refractivity contribution is -0.384. The number of likely N-dealkylation sites (N-methyl/N-ethyl adjacent to an activating group) is 1. The molecule has 21 heavy (non-hydrogen) atoms. The minimum Gasteiger partial charge on any atom is -0.484 e. The van der Waals surface area contributed by atoms with Gasteiger partial charge in [-0.25, -0.2) is 4.98 Å². The molecular weight excluding hydrogens is 276 g/mol. The van der Waals surface area contributed by atoms with E-state index in [1.54, 1.807) is 19.4 Å². The highest BCUT2D eigenvalue weighted by atomic mass is 16.6. The third kappa shape index (κ3) is 4.03. The van der Waals surface area contributed by atoms with Gasteiger partial charge in [0.1, 0.15) is 11.6 Å². The number of ether oxygens (including phenoxy) is 1. The number of nitrogens with zero attached hydrogens (tertiary/aromatic N) is 3. The van der Waals surface area contributed by atoms with Crippen LogP contribution >= 0.6 is 0 Å². The molecule has 0 aliphatic heterocycles. The molecule has 0 fully saturated rings. The zero-order chi connectivity index (χ0) is 15.2. The zero-order valence-corrected chi connectivity index (χ0v) is 11.4. The van der Waals surface area contributed by atoms with Crippen LogP contribution in [0.15, 0.2) is 36.7 Å². The number of aromatic amines is 1. The van der Waals surface area contributed by atoms with Gasteiger partial charge in [0.05, 0.1) is 11.5 Å². The zero-order valence-electron chi connectivity index (χ0n) is 11.4. The molecule has 8 heteroatoms. The molecule has 1 heterocycles. The van der Waals surface area contributed by atoms with E-state index in [2.05, 4.69) is 9.97 Å². The summed E-state index contributed by atoms with van der Waals surface area (Å²) in [5.41, 5.74) is -0.0244. The molecule has 2 rings (SSSR count). The molecular formula is C13H14N4O4. The van der Waals surface area contributed by atoms with E-state index in [1.165, 1.54) is 29.2 Å². The summed E-state index contributed by atoms with van der Waals surface area (Å²) in [6.45, 7) is 0.213. The first-order valence-corrected chi connectivity index (χ1v) is 6.16. The number of hydrogen-bond donors (Lipinski definition) is 1. The molecule has 8 nitrogen and oxygen atoms in total. The smallest absolute Gasteiger partial charge is 0.269 e. The number of amides is 1. The number of benzene rings is 1. The maximum absolute atomic E-state index is 11.9. The Kier molecular flexibility index (Phi) is 4.50. The minimum absolute atomic E-state index is 0.0244. The Bertz CT molecular complexity index is 610. The molecule has 0 unspecified atom stereocenters. The van der Waals surface area contributed by atoms with Crippen LogP contribution in [0.5, 0.6) is 5.75 Å².